The molecule has 2 heterocycles. The first-order valence-electron chi connectivity index (χ1n) is 5.47. The number of aromatic nitrogens is 4. The zero-order chi connectivity index (χ0) is 12.2. The summed E-state index contributed by atoms with van der Waals surface area (Å²) in [7, 11) is 0. The Labute approximate surface area is 104 Å². The molecule has 5 nitrogen and oxygen atoms in total. The Morgan fingerprint density at radius 1 is 0.944 bits per heavy atom. The van der Waals surface area contributed by atoms with Crippen LogP contribution in [-0.4, -0.2) is 19.9 Å². The van der Waals surface area contributed by atoms with Gasteiger partial charge in [0.05, 0.1) is 0 Å². The zero-order valence-corrected chi connectivity index (χ0v) is 9.45. The maximum Gasteiger partial charge on any atom is 0.222 e. The van der Waals surface area contributed by atoms with Gasteiger partial charge in [0, 0.05) is 24.7 Å². The zero-order valence-electron chi connectivity index (χ0n) is 9.45. The molecule has 18 heavy (non-hydrogen) atoms. The van der Waals surface area contributed by atoms with Crippen molar-refractivity contribution in [2.75, 3.05) is 0 Å². The minimum atomic E-state index is 0.489. The van der Waals surface area contributed by atoms with Crippen molar-refractivity contribution in [1.29, 1.82) is 0 Å². The van der Waals surface area contributed by atoms with E-state index in [0.717, 1.165) is 5.75 Å². The highest BCUT2D eigenvalue weighted by molar-refractivity contribution is 5.43. The van der Waals surface area contributed by atoms with Gasteiger partial charge >= 0.3 is 0 Å². The van der Waals surface area contributed by atoms with Crippen molar-refractivity contribution in [1.82, 2.24) is 19.9 Å². The van der Waals surface area contributed by atoms with Gasteiger partial charge in [0.15, 0.2) is 11.6 Å². The van der Waals surface area contributed by atoms with Gasteiger partial charge in [0.1, 0.15) is 5.75 Å². The Balaban J connectivity index is 1.88. The van der Waals surface area contributed by atoms with Crippen molar-refractivity contribution in [3.05, 3.63) is 55.0 Å². The predicted octanol–water partition coefficient (Wildman–Crippen LogP) is 2.66. The Morgan fingerprint density at radius 3 is 2.61 bits per heavy atom. The third-order valence-corrected chi connectivity index (χ3v) is 2.31. The van der Waals surface area contributed by atoms with Gasteiger partial charge in [-0.3, -0.25) is 0 Å². The van der Waals surface area contributed by atoms with E-state index < -0.39 is 0 Å². The molecule has 0 radical (unpaired) electrons. The van der Waals surface area contributed by atoms with Crippen molar-refractivity contribution in [3.8, 4) is 23.3 Å². The van der Waals surface area contributed by atoms with E-state index in [1.807, 2.05) is 30.3 Å². The van der Waals surface area contributed by atoms with Gasteiger partial charge in [-0.15, -0.1) is 0 Å². The lowest BCUT2D eigenvalue weighted by Crippen LogP contribution is -1.93. The van der Waals surface area contributed by atoms with Crippen LogP contribution in [0, 0.1) is 0 Å². The highest BCUT2D eigenvalue weighted by atomic mass is 16.5. The van der Waals surface area contributed by atoms with Crippen LogP contribution in [0.4, 0.5) is 0 Å². The quantitative estimate of drug-likeness (QED) is 0.761. The van der Waals surface area contributed by atoms with E-state index >= 15 is 0 Å². The summed E-state index contributed by atoms with van der Waals surface area (Å²) >= 11 is 0. The van der Waals surface area contributed by atoms with Crippen molar-refractivity contribution >= 4 is 0 Å². The molecule has 0 spiro atoms. The SMILES string of the molecule is c1ccc(Oc2ccnc(-c3ncc[nH]3)n2)cc1. The highest BCUT2D eigenvalue weighted by Gasteiger charge is 2.05. The van der Waals surface area contributed by atoms with Crippen molar-refractivity contribution < 1.29 is 4.74 Å². The minimum absolute atomic E-state index is 0.489. The number of rotatable bonds is 3. The Kier molecular flexibility index (Phi) is 2.71. The first kappa shape index (κ1) is 10.5. The summed E-state index contributed by atoms with van der Waals surface area (Å²) in [5.41, 5.74) is 0. The van der Waals surface area contributed by atoms with Gasteiger partial charge < -0.3 is 9.72 Å². The van der Waals surface area contributed by atoms with E-state index in [9.17, 15) is 0 Å². The third-order valence-electron chi connectivity index (χ3n) is 2.31. The number of ether oxygens (including phenoxy) is 1. The van der Waals surface area contributed by atoms with E-state index in [4.69, 9.17) is 4.74 Å². The van der Waals surface area contributed by atoms with Gasteiger partial charge in [0.2, 0.25) is 5.88 Å². The van der Waals surface area contributed by atoms with Crippen LogP contribution < -0.4 is 4.74 Å². The summed E-state index contributed by atoms with van der Waals surface area (Å²) in [5.74, 6) is 2.35. The molecule has 0 amide bonds. The number of H-pyrrole nitrogens is 1. The lowest BCUT2D eigenvalue weighted by molar-refractivity contribution is 0.462. The highest BCUT2D eigenvalue weighted by Crippen LogP contribution is 2.19. The Bertz CT molecular complexity index is 623. The molecule has 1 aromatic carbocycles. The normalized spacial score (nSPS) is 10.2. The fraction of sp³-hybridized carbons (Fsp3) is 0. The molecule has 0 bridgehead atoms. The van der Waals surface area contributed by atoms with E-state index in [1.54, 1.807) is 24.7 Å². The monoisotopic (exact) mass is 238 g/mol. The molecule has 5 heteroatoms. The van der Waals surface area contributed by atoms with E-state index in [0.29, 0.717) is 17.5 Å². The van der Waals surface area contributed by atoms with Crippen LogP contribution in [0.5, 0.6) is 11.6 Å². The van der Waals surface area contributed by atoms with Crippen LogP contribution >= 0.6 is 0 Å². The van der Waals surface area contributed by atoms with Crippen molar-refractivity contribution in [2.45, 2.75) is 0 Å². The minimum Gasteiger partial charge on any atom is -0.439 e. The first-order chi connectivity index (χ1) is 8.92. The first-order valence-corrected chi connectivity index (χ1v) is 5.47. The second-order valence-electron chi connectivity index (χ2n) is 3.57. The molecule has 0 saturated heterocycles. The summed E-state index contributed by atoms with van der Waals surface area (Å²) in [5, 5.41) is 0. The number of para-hydroxylation sites is 1. The molecule has 0 unspecified atom stereocenters. The van der Waals surface area contributed by atoms with Crippen molar-refractivity contribution in [3.63, 3.8) is 0 Å². The number of nitrogens with one attached hydrogen (secondary N) is 1. The molecule has 3 aromatic rings. The standard InChI is InChI=1S/C13H10N4O/c1-2-4-10(5-3-1)18-11-6-7-14-13(17-11)12-15-8-9-16-12/h1-9H,(H,15,16). The number of benzene rings is 1. The number of hydrogen-bond donors (Lipinski definition) is 1. The summed E-state index contributed by atoms with van der Waals surface area (Å²) in [6, 6.07) is 11.2. The summed E-state index contributed by atoms with van der Waals surface area (Å²) in [6.07, 6.45) is 5.02. The third kappa shape index (κ3) is 2.20. The number of aromatic amines is 1. The van der Waals surface area contributed by atoms with Crippen LogP contribution in [-0.2, 0) is 0 Å². The average molecular weight is 238 g/mol. The molecular weight excluding hydrogens is 228 g/mol. The molecule has 2 aromatic heterocycles. The molecular formula is C13H10N4O. The van der Waals surface area contributed by atoms with Crippen LogP contribution in [0.2, 0.25) is 0 Å². The Morgan fingerprint density at radius 2 is 1.83 bits per heavy atom. The fourth-order valence-electron chi connectivity index (χ4n) is 1.51. The van der Waals surface area contributed by atoms with Gasteiger partial charge in [-0.1, -0.05) is 18.2 Å². The lowest BCUT2D eigenvalue weighted by atomic mass is 10.3. The van der Waals surface area contributed by atoms with Crippen LogP contribution in [0.15, 0.2) is 55.0 Å². The maximum atomic E-state index is 5.62. The van der Waals surface area contributed by atoms with E-state index in [2.05, 4.69) is 19.9 Å². The van der Waals surface area contributed by atoms with E-state index in [1.165, 1.54) is 0 Å². The average Bonchev–Trinajstić information content (AvgIpc) is 2.94. The van der Waals surface area contributed by atoms with E-state index in [-0.39, 0.29) is 0 Å². The van der Waals surface area contributed by atoms with Crippen LogP contribution in [0.3, 0.4) is 0 Å². The summed E-state index contributed by atoms with van der Waals surface area (Å²) in [4.78, 5) is 15.5. The largest absolute Gasteiger partial charge is 0.439 e. The fourth-order valence-corrected chi connectivity index (χ4v) is 1.51. The lowest BCUT2D eigenvalue weighted by Gasteiger charge is -2.04. The number of nitrogens with zero attached hydrogens (tertiary/aromatic N) is 3. The summed E-state index contributed by atoms with van der Waals surface area (Å²) < 4.78 is 5.62. The second kappa shape index (κ2) is 4.67. The molecule has 0 aliphatic rings. The summed E-state index contributed by atoms with van der Waals surface area (Å²) in [6.45, 7) is 0. The van der Waals surface area contributed by atoms with Gasteiger partial charge in [-0.2, -0.15) is 4.98 Å². The molecule has 0 saturated carbocycles. The van der Waals surface area contributed by atoms with Gasteiger partial charge in [0.25, 0.3) is 0 Å². The molecule has 1 N–H and O–H groups in total. The molecule has 0 atom stereocenters. The molecule has 0 fully saturated rings. The topological polar surface area (TPSA) is 63.7 Å². The molecule has 88 valence electrons. The van der Waals surface area contributed by atoms with Gasteiger partial charge in [-0.25, -0.2) is 9.97 Å². The van der Waals surface area contributed by atoms with Crippen molar-refractivity contribution in [2.24, 2.45) is 0 Å². The molecule has 3 rings (SSSR count). The second-order valence-corrected chi connectivity index (χ2v) is 3.57. The number of hydrogen-bond acceptors (Lipinski definition) is 4. The predicted molar refractivity (Wildman–Crippen MR) is 66.1 cm³/mol. The number of imidazole rings is 1. The molecule has 0 aliphatic heterocycles. The smallest absolute Gasteiger partial charge is 0.222 e. The molecule has 0 aliphatic carbocycles. The maximum absolute atomic E-state index is 5.62. The van der Waals surface area contributed by atoms with Crippen LogP contribution in [0.1, 0.15) is 0 Å². The Hall–Kier alpha value is -2.69. The van der Waals surface area contributed by atoms with Gasteiger partial charge in [-0.05, 0) is 12.1 Å². The van der Waals surface area contributed by atoms with Crippen LogP contribution in [0.25, 0.3) is 11.6 Å².